The first-order valence-electron chi connectivity index (χ1n) is 6.28. The van der Waals surface area contributed by atoms with Gasteiger partial charge in [-0.2, -0.15) is 0 Å². The SMILES string of the molecule is CN(CC1(O)CCOCC1)C(=O)c1cccc(N)n1. The quantitative estimate of drug-likeness (QED) is 0.819. The van der Waals surface area contributed by atoms with Crippen molar-refractivity contribution in [3.05, 3.63) is 23.9 Å². The van der Waals surface area contributed by atoms with Crippen molar-refractivity contribution < 1.29 is 14.6 Å². The highest BCUT2D eigenvalue weighted by Crippen LogP contribution is 2.21. The third-order valence-corrected chi connectivity index (χ3v) is 3.29. The van der Waals surface area contributed by atoms with Crippen LogP contribution in [0.4, 0.5) is 5.82 Å². The summed E-state index contributed by atoms with van der Waals surface area (Å²) in [5, 5.41) is 10.4. The summed E-state index contributed by atoms with van der Waals surface area (Å²) in [4.78, 5) is 17.6. The zero-order valence-corrected chi connectivity index (χ0v) is 11.0. The fourth-order valence-corrected chi connectivity index (χ4v) is 2.19. The van der Waals surface area contributed by atoms with Crippen LogP contribution in [-0.4, -0.2) is 53.3 Å². The van der Waals surface area contributed by atoms with Crippen molar-refractivity contribution in [2.45, 2.75) is 18.4 Å². The fourth-order valence-electron chi connectivity index (χ4n) is 2.19. The number of amides is 1. The average molecular weight is 265 g/mol. The Balaban J connectivity index is 2.03. The summed E-state index contributed by atoms with van der Waals surface area (Å²) in [6.45, 7) is 1.32. The first kappa shape index (κ1) is 13.8. The van der Waals surface area contributed by atoms with Crippen LogP contribution >= 0.6 is 0 Å². The number of nitrogens with zero attached hydrogens (tertiary/aromatic N) is 2. The van der Waals surface area contributed by atoms with Crippen LogP contribution in [0.3, 0.4) is 0 Å². The molecule has 0 bridgehead atoms. The van der Waals surface area contributed by atoms with Gasteiger partial charge >= 0.3 is 0 Å². The average Bonchev–Trinajstić information content (AvgIpc) is 2.38. The minimum atomic E-state index is -0.872. The van der Waals surface area contributed by atoms with Crippen LogP contribution in [0.1, 0.15) is 23.3 Å². The first-order chi connectivity index (χ1) is 9.00. The lowest BCUT2D eigenvalue weighted by molar-refractivity contribution is -0.0734. The number of nitrogen functional groups attached to an aromatic ring is 1. The van der Waals surface area contributed by atoms with Gasteiger partial charge in [-0.3, -0.25) is 4.79 Å². The highest BCUT2D eigenvalue weighted by Gasteiger charge is 2.32. The maximum Gasteiger partial charge on any atom is 0.272 e. The smallest absolute Gasteiger partial charge is 0.272 e. The number of hydrogen-bond acceptors (Lipinski definition) is 5. The van der Waals surface area contributed by atoms with Crippen LogP contribution in [0.15, 0.2) is 18.2 Å². The predicted octanol–water partition coefficient (Wildman–Crippen LogP) is 0.277. The summed E-state index contributed by atoms with van der Waals surface area (Å²) in [6.07, 6.45) is 1.07. The Morgan fingerprint density at radius 3 is 2.84 bits per heavy atom. The van der Waals surface area contributed by atoms with Crippen LogP contribution in [0.25, 0.3) is 0 Å². The van der Waals surface area contributed by atoms with E-state index in [1.807, 2.05) is 0 Å². The number of ether oxygens (including phenoxy) is 1. The number of aromatic nitrogens is 1. The van der Waals surface area contributed by atoms with Crippen molar-refractivity contribution in [2.24, 2.45) is 0 Å². The monoisotopic (exact) mass is 265 g/mol. The minimum Gasteiger partial charge on any atom is -0.388 e. The van der Waals surface area contributed by atoms with E-state index in [-0.39, 0.29) is 18.1 Å². The third-order valence-electron chi connectivity index (χ3n) is 3.29. The molecule has 19 heavy (non-hydrogen) atoms. The molecule has 1 amide bonds. The summed E-state index contributed by atoms with van der Waals surface area (Å²) in [5.74, 6) is 0.0660. The van der Waals surface area contributed by atoms with Gasteiger partial charge in [0.2, 0.25) is 0 Å². The van der Waals surface area contributed by atoms with Gasteiger partial charge in [-0.25, -0.2) is 4.98 Å². The Kier molecular flexibility index (Phi) is 4.01. The number of hydrogen-bond donors (Lipinski definition) is 2. The standard InChI is InChI=1S/C13H19N3O3/c1-16(9-13(18)5-7-19-8-6-13)12(17)10-3-2-4-11(14)15-10/h2-4,18H,5-9H2,1H3,(H2,14,15). The zero-order valence-electron chi connectivity index (χ0n) is 11.0. The Morgan fingerprint density at radius 2 is 2.21 bits per heavy atom. The molecule has 0 aliphatic carbocycles. The van der Waals surface area contributed by atoms with Gasteiger partial charge < -0.3 is 20.5 Å². The molecule has 1 fully saturated rings. The summed E-state index contributed by atoms with van der Waals surface area (Å²) in [5.41, 5.74) is 4.98. The third kappa shape index (κ3) is 3.42. The minimum absolute atomic E-state index is 0.243. The van der Waals surface area contributed by atoms with Crippen molar-refractivity contribution in [3.63, 3.8) is 0 Å². The van der Waals surface area contributed by atoms with E-state index < -0.39 is 5.60 Å². The van der Waals surface area contributed by atoms with E-state index in [2.05, 4.69) is 4.98 Å². The topological polar surface area (TPSA) is 88.7 Å². The Labute approximate surface area is 112 Å². The number of anilines is 1. The zero-order chi connectivity index (χ0) is 13.9. The molecule has 0 spiro atoms. The number of nitrogens with two attached hydrogens (primary N) is 1. The number of carbonyl (C=O) groups is 1. The molecule has 0 unspecified atom stereocenters. The second-order valence-corrected chi connectivity index (χ2v) is 4.95. The van der Waals surface area contributed by atoms with Gasteiger partial charge in [0.05, 0.1) is 5.60 Å². The summed E-state index contributed by atoms with van der Waals surface area (Å²) < 4.78 is 5.22. The molecule has 6 nitrogen and oxygen atoms in total. The van der Waals surface area contributed by atoms with Gasteiger partial charge in [0.25, 0.3) is 5.91 Å². The van der Waals surface area contributed by atoms with E-state index in [4.69, 9.17) is 10.5 Å². The number of pyridine rings is 1. The van der Waals surface area contributed by atoms with Gasteiger partial charge in [0, 0.05) is 39.6 Å². The molecule has 1 aliphatic rings. The second kappa shape index (κ2) is 5.54. The van der Waals surface area contributed by atoms with Crippen molar-refractivity contribution in [1.82, 2.24) is 9.88 Å². The molecular weight excluding hydrogens is 246 g/mol. The lowest BCUT2D eigenvalue weighted by atomic mass is 9.94. The Morgan fingerprint density at radius 1 is 1.53 bits per heavy atom. The molecule has 1 aromatic heterocycles. The molecule has 1 aliphatic heterocycles. The highest BCUT2D eigenvalue weighted by molar-refractivity contribution is 5.92. The fraction of sp³-hybridized carbons (Fsp3) is 0.538. The summed E-state index contributed by atoms with van der Waals surface area (Å²) >= 11 is 0. The molecular formula is C13H19N3O3. The van der Waals surface area contributed by atoms with Crippen molar-refractivity contribution >= 4 is 11.7 Å². The number of likely N-dealkylation sites (N-methyl/N-ethyl adjacent to an activating group) is 1. The lowest BCUT2D eigenvalue weighted by Crippen LogP contribution is -2.47. The molecule has 2 rings (SSSR count). The molecule has 3 N–H and O–H groups in total. The first-order valence-corrected chi connectivity index (χ1v) is 6.28. The normalized spacial score (nSPS) is 18.0. The molecule has 0 saturated carbocycles. The second-order valence-electron chi connectivity index (χ2n) is 4.95. The molecule has 104 valence electrons. The number of rotatable bonds is 3. The van der Waals surface area contributed by atoms with Gasteiger partial charge in [-0.1, -0.05) is 6.07 Å². The molecule has 6 heteroatoms. The van der Waals surface area contributed by atoms with E-state index in [0.717, 1.165) is 0 Å². The van der Waals surface area contributed by atoms with E-state index >= 15 is 0 Å². The van der Waals surface area contributed by atoms with E-state index in [1.54, 1.807) is 25.2 Å². The van der Waals surface area contributed by atoms with Crippen molar-refractivity contribution in [2.75, 3.05) is 32.5 Å². The molecule has 1 saturated heterocycles. The van der Waals surface area contributed by atoms with Gasteiger partial charge in [-0.15, -0.1) is 0 Å². The Hall–Kier alpha value is -1.66. The molecule has 2 heterocycles. The van der Waals surface area contributed by atoms with Gasteiger partial charge in [0.1, 0.15) is 11.5 Å². The van der Waals surface area contributed by atoms with E-state index in [9.17, 15) is 9.90 Å². The maximum absolute atomic E-state index is 12.2. The van der Waals surface area contributed by atoms with Gasteiger partial charge in [-0.05, 0) is 12.1 Å². The van der Waals surface area contributed by atoms with Crippen LogP contribution < -0.4 is 5.73 Å². The predicted molar refractivity (Wildman–Crippen MR) is 70.6 cm³/mol. The summed E-state index contributed by atoms with van der Waals surface area (Å²) in [7, 11) is 1.65. The Bertz CT molecular complexity index is 458. The summed E-state index contributed by atoms with van der Waals surface area (Å²) in [6, 6.07) is 4.93. The van der Waals surface area contributed by atoms with Crippen molar-refractivity contribution in [1.29, 1.82) is 0 Å². The largest absolute Gasteiger partial charge is 0.388 e. The van der Waals surface area contributed by atoms with Gasteiger partial charge in [0.15, 0.2) is 0 Å². The van der Waals surface area contributed by atoms with Crippen LogP contribution in [0.2, 0.25) is 0 Å². The van der Waals surface area contributed by atoms with E-state index in [1.165, 1.54) is 4.90 Å². The molecule has 0 radical (unpaired) electrons. The van der Waals surface area contributed by atoms with Crippen molar-refractivity contribution in [3.8, 4) is 0 Å². The van der Waals surface area contributed by atoms with Crippen LogP contribution in [0, 0.1) is 0 Å². The number of carbonyl (C=O) groups excluding carboxylic acids is 1. The van der Waals surface area contributed by atoms with E-state index in [0.29, 0.717) is 31.9 Å². The highest BCUT2D eigenvalue weighted by atomic mass is 16.5. The van der Waals surface area contributed by atoms with Crippen LogP contribution in [0.5, 0.6) is 0 Å². The molecule has 1 aromatic rings. The van der Waals surface area contributed by atoms with Crippen LogP contribution in [-0.2, 0) is 4.74 Å². The molecule has 0 atom stereocenters. The maximum atomic E-state index is 12.2. The number of aliphatic hydroxyl groups is 1. The molecule has 0 aromatic carbocycles. The lowest BCUT2D eigenvalue weighted by Gasteiger charge is -2.35.